The maximum Gasteiger partial charge on any atom is 0.328 e. The van der Waals surface area contributed by atoms with Crippen molar-refractivity contribution in [3.8, 4) is 12.1 Å². The molecule has 0 aliphatic heterocycles. The van der Waals surface area contributed by atoms with Crippen LogP contribution in [-0.4, -0.2) is 18.6 Å². The molecule has 0 heterocycles. The van der Waals surface area contributed by atoms with Crippen molar-refractivity contribution in [2.24, 2.45) is 5.92 Å². The number of anilines is 1. The van der Waals surface area contributed by atoms with Crippen LogP contribution in [0, 0.1) is 46.0 Å². The Hall–Kier alpha value is -2.74. The first kappa shape index (κ1) is 19.3. The lowest BCUT2D eigenvalue weighted by molar-refractivity contribution is -0.145. The number of halogens is 3. The Balaban J connectivity index is 3.47. The third kappa shape index (κ3) is 3.60. The molecule has 1 rings (SSSR count). The molecule has 0 spiro atoms. The summed E-state index contributed by atoms with van der Waals surface area (Å²) in [5.74, 6) is -5.89. The van der Waals surface area contributed by atoms with Gasteiger partial charge in [0.15, 0.2) is 17.5 Å². The van der Waals surface area contributed by atoms with Crippen LogP contribution in [0.4, 0.5) is 18.9 Å². The molecular weight excluding hydrogens is 323 g/mol. The number of nitrogens with zero attached hydrogens (tertiary/aromatic N) is 2. The number of esters is 1. The molecule has 8 heteroatoms. The van der Waals surface area contributed by atoms with Gasteiger partial charge in [-0.15, -0.1) is 0 Å². The van der Waals surface area contributed by atoms with E-state index in [4.69, 9.17) is 15.3 Å². The number of carbonyl (C=O) groups is 1. The highest BCUT2D eigenvalue weighted by Crippen LogP contribution is 2.30. The van der Waals surface area contributed by atoms with Gasteiger partial charge in [-0.05, 0) is 12.8 Å². The smallest absolute Gasteiger partial charge is 0.328 e. The van der Waals surface area contributed by atoms with Crippen molar-refractivity contribution >= 4 is 11.7 Å². The Morgan fingerprint density at radius 2 is 1.71 bits per heavy atom. The lowest BCUT2D eigenvalue weighted by atomic mass is 9.97. The van der Waals surface area contributed by atoms with Crippen LogP contribution < -0.4 is 5.32 Å². The molecule has 0 saturated carbocycles. The SMILES string of the molecule is CCOC(=O)[C@H](Nc1c(F)c(F)c(C#N)c(F)c1C#N)[C@H](C)CC. The summed E-state index contributed by atoms with van der Waals surface area (Å²) >= 11 is 0. The molecule has 1 N–H and O–H groups in total. The second-order valence-corrected chi connectivity index (χ2v) is 5.05. The van der Waals surface area contributed by atoms with E-state index in [0.29, 0.717) is 6.42 Å². The number of carbonyl (C=O) groups excluding carboxylic acids is 1. The lowest BCUT2D eigenvalue weighted by Gasteiger charge is -2.24. The molecule has 0 saturated heterocycles. The van der Waals surface area contributed by atoms with E-state index < -0.39 is 46.3 Å². The van der Waals surface area contributed by atoms with Crippen LogP contribution in [0.1, 0.15) is 38.3 Å². The van der Waals surface area contributed by atoms with Gasteiger partial charge in [0.25, 0.3) is 0 Å². The molecule has 5 nitrogen and oxygen atoms in total. The van der Waals surface area contributed by atoms with Crippen LogP contribution in [-0.2, 0) is 9.53 Å². The van der Waals surface area contributed by atoms with E-state index in [9.17, 15) is 18.0 Å². The maximum absolute atomic E-state index is 14.2. The van der Waals surface area contributed by atoms with Gasteiger partial charge in [-0.2, -0.15) is 10.5 Å². The molecule has 0 bridgehead atoms. The fourth-order valence-electron chi connectivity index (χ4n) is 2.06. The zero-order valence-electron chi connectivity index (χ0n) is 13.4. The average Bonchev–Trinajstić information content (AvgIpc) is 2.56. The van der Waals surface area contributed by atoms with Crippen molar-refractivity contribution in [1.29, 1.82) is 10.5 Å². The largest absolute Gasteiger partial charge is 0.464 e. The van der Waals surface area contributed by atoms with Crippen molar-refractivity contribution in [2.75, 3.05) is 11.9 Å². The molecule has 0 unspecified atom stereocenters. The van der Waals surface area contributed by atoms with Gasteiger partial charge < -0.3 is 10.1 Å². The minimum atomic E-state index is -1.72. The Bertz CT molecular complexity index is 723. The van der Waals surface area contributed by atoms with Crippen LogP contribution in [0.5, 0.6) is 0 Å². The predicted molar refractivity (Wildman–Crippen MR) is 79.2 cm³/mol. The molecule has 0 aliphatic carbocycles. The van der Waals surface area contributed by atoms with Gasteiger partial charge in [-0.25, -0.2) is 18.0 Å². The van der Waals surface area contributed by atoms with Crippen LogP contribution in [0.3, 0.4) is 0 Å². The Labute approximate surface area is 137 Å². The fraction of sp³-hybridized carbons (Fsp3) is 0.438. The molecule has 24 heavy (non-hydrogen) atoms. The minimum absolute atomic E-state index is 0.0666. The molecule has 1 aromatic rings. The lowest BCUT2D eigenvalue weighted by Crippen LogP contribution is -2.38. The minimum Gasteiger partial charge on any atom is -0.464 e. The highest BCUT2D eigenvalue weighted by molar-refractivity contribution is 5.81. The second-order valence-electron chi connectivity index (χ2n) is 5.05. The van der Waals surface area contributed by atoms with Crippen molar-refractivity contribution in [2.45, 2.75) is 33.2 Å². The third-order valence-corrected chi connectivity index (χ3v) is 3.60. The third-order valence-electron chi connectivity index (χ3n) is 3.60. The molecular formula is C16H16F3N3O2. The van der Waals surface area contributed by atoms with Crippen molar-refractivity contribution < 1.29 is 22.7 Å². The molecule has 2 atom stereocenters. The number of hydrogen-bond acceptors (Lipinski definition) is 5. The van der Waals surface area contributed by atoms with E-state index >= 15 is 0 Å². The first-order chi connectivity index (χ1) is 11.3. The van der Waals surface area contributed by atoms with Gasteiger partial charge in [-0.1, -0.05) is 20.3 Å². The summed E-state index contributed by atoms with van der Waals surface area (Å²) in [4.78, 5) is 12.0. The summed E-state index contributed by atoms with van der Waals surface area (Å²) in [6, 6.07) is 1.46. The van der Waals surface area contributed by atoms with E-state index in [1.54, 1.807) is 20.8 Å². The van der Waals surface area contributed by atoms with Gasteiger partial charge in [0.2, 0.25) is 0 Å². The van der Waals surface area contributed by atoms with Crippen LogP contribution in [0.2, 0.25) is 0 Å². The van der Waals surface area contributed by atoms with E-state index in [0.717, 1.165) is 0 Å². The second kappa shape index (κ2) is 8.21. The van der Waals surface area contributed by atoms with Crippen LogP contribution in [0.15, 0.2) is 0 Å². The summed E-state index contributed by atoms with van der Waals surface area (Å²) in [6.07, 6.45) is 0.487. The van der Waals surface area contributed by atoms with Crippen molar-refractivity contribution in [3.63, 3.8) is 0 Å². The molecule has 0 fully saturated rings. The Morgan fingerprint density at radius 3 is 2.17 bits per heavy atom. The van der Waals surface area contributed by atoms with Crippen LogP contribution in [0.25, 0.3) is 0 Å². The topological polar surface area (TPSA) is 85.9 Å². The highest BCUT2D eigenvalue weighted by atomic mass is 19.2. The number of rotatable bonds is 6. The van der Waals surface area contributed by atoms with Gasteiger partial charge in [-0.3, -0.25) is 0 Å². The maximum atomic E-state index is 14.2. The fourth-order valence-corrected chi connectivity index (χ4v) is 2.06. The molecule has 0 aliphatic rings. The summed E-state index contributed by atoms with van der Waals surface area (Å²) < 4.78 is 46.9. The number of hydrogen-bond donors (Lipinski definition) is 1. The molecule has 128 valence electrons. The number of nitrogens with one attached hydrogen (secondary N) is 1. The summed E-state index contributed by atoms with van der Waals surface area (Å²) in [6.45, 7) is 5.07. The molecule has 0 amide bonds. The van der Waals surface area contributed by atoms with Crippen molar-refractivity contribution in [1.82, 2.24) is 0 Å². The number of benzene rings is 1. The Morgan fingerprint density at radius 1 is 1.12 bits per heavy atom. The van der Waals surface area contributed by atoms with Gasteiger partial charge >= 0.3 is 5.97 Å². The highest BCUT2D eigenvalue weighted by Gasteiger charge is 2.31. The monoisotopic (exact) mass is 339 g/mol. The van der Waals surface area contributed by atoms with E-state index in [1.807, 2.05) is 0 Å². The average molecular weight is 339 g/mol. The first-order valence-electron chi connectivity index (χ1n) is 7.27. The summed E-state index contributed by atoms with van der Waals surface area (Å²) in [5, 5.41) is 20.1. The zero-order valence-corrected chi connectivity index (χ0v) is 13.4. The van der Waals surface area contributed by atoms with E-state index in [-0.39, 0.29) is 12.5 Å². The molecule has 1 aromatic carbocycles. The van der Waals surface area contributed by atoms with Crippen LogP contribution >= 0.6 is 0 Å². The van der Waals surface area contributed by atoms with E-state index in [2.05, 4.69) is 5.32 Å². The van der Waals surface area contributed by atoms with Gasteiger partial charge in [0.05, 0.1) is 12.3 Å². The first-order valence-corrected chi connectivity index (χ1v) is 7.27. The Kier molecular flexibility index (Phi) is 6.60. The molecule has 0 radical (unpaired) electrons. The predicted octanol–water partition coefficient (Wildman–Crippen LogP) is 3.24. The summed E-state index contributed by atoms with van der Waals surface area (Å²) in [7, 11) is 0. The quantitative estimate of drug-likeness (QED) is 0.635. The summed E-state index contributed by atoms with van der Waals surface area (Å²) in [5.41, 5.74) is -2.86. The zero-order chi connectivity index (χ0) is 18.4. The molecule has 0 aromatic heterocycles. The van der Waals surface area contributed by atoms with E-state index in [1.165, 1.54) is 12.1 Å². The van der Waals surface area contributed by atoms with Gasteiger partial charge in [0.1, 0.15) is 29.3 Å². The normalized spacial score (nSPS) is 12.7. The van der Waals surface area contributed by atoms with Crippen molar-refractivity contribution in [3.05, 3.63) is 28.6 Å². The standard InChI is InChI=1S/C16H16F3N3O2/c1-4-8(3)14(16(23)24-5-2)22-15-10(7-21)11(17)9(6-20)12(18)13(15)19/h8,14,22H,4-5H2,1-3H3/t8-,14-/m1/s1. The number of ether oxygens (including phenoxy) is 1. The van der Waals surface area contributed by atoms with Gasteiger partial charge in [0, 0.05) is 0 Å². The number of nitriles is 2.